The van der Waals surface area contributed by atoms with E-state index in [2.05, 4.69) is 20.0 Å². The molecule has 3 aromatic carbocycles. The number of ether oxygens (including phenoxy) is 1. The van der Waals surface area contributed by atoms with Crippen molar-refractivity contribution in [2.45, 2.75) is 4.90 Å². The molecule has 4 aromatic rings. The zero-order chi connectivity index (χ0) is 22.0. The van der Waals surface area contributed by atoms with Gasteiger partial charge in [0.25, 0.3) is 0 Å². The van der Waals surface area contributed by atoms with Gasteiger partial charge in [-0.3, -0.25) is 0 Å². The Morgan fingerprint density at radius 3 is 2.71 bits per heavy atom. The lowest BCUT2D eigenvalue weighted by Gasteiger charge is -2.13. The number of fused-ring (bicyclic) bond motifs is 1. The third kappa shape index (κ3) is 4.49. The number of rotatable bonds is 6. The van der Waals surface area contributed by atoms with Crippen LogP contribution >= 0.6 is 35.1 Å². The number of methoxy groups -OCH3 is 1. The number of aromatic nitrogens is 2. The van der Waals surface area contributed by atoms with E-state index in [1.807, 2.05) is 18.2 Å². The number of benzene rings is 3. The molecule has 0 bridgehead atoms. The van der Waals surface area contributed by atoms with Gasteiger partial charge in [-0.2, -0.15) is 0 Å². The molecule has 0 saturated carbocycles. The van der Waals surface area contributed by atoms with Crippen LogP contribution in [0.5, 0.6) is 5.75 Å². The van der Waals surface area contributed by atoms with Gasteiger partial charge < -0.3 is 14.8 Å². The Hall–Kier alpha value is -2.74. The molecule has 0 saturated heterocycles. The van der Waals surface area contributed by atoms with Crippen molar-refractivity contribution in [3.63, 3.8) is 0 Å². The first-order valence-electron chi connectivity index (χ1n) is 9.19. The van der Waals surface area contributed by atoms with Gasteiger partial charge in [0.05, 0.1) is 28.2 Å². The van der Waals surface area contributed by atoms with Gasteiger partial charge in [-0.05, 0) is 41.8 Å². The van der Waals surface area contributed by atoms with Crippen LogP contribution in [0.1, 0.15) is 0 Å². The predicted octanol–water partition coefficient (Wildman–Crippen LogP) is 6.91. The zero-order valence-corrected chi connectivity index (χ0v) is 18.9. The minimum Gasteiger partial charge on any atom is -0.495 e. The standard InChI is InChI=1S/C22H17Cl2FN4OS/c1-26-22-27-11-13-8-12(6-7-16(13)28-22)15-4-3-5-17(21(15)25)29-31-19-10-14(23)9-18(30-2)20(19)24/h3-11,29H,1-2H3,(H,26,27,28). The Morgan fingerprint density at radius 2 is 1.94 bits per heavy atom. The average Bonchev–Trinajstić information content (AvgIpc) is 2.79. The van der Waals surface area contributed by atoms with Crippen LogP contribution in [0, 0.1) is 5.82 Å². The maximum absolute atomic E-state index is 15.3. The number of anilines is 2. The van der Waals surface area contributed by atoms with Crippen molar-refractivity contribution >= 4 is 57.7 Å². The Labute approximate surface area is 193 Å². The number of hydrogen-bond acceptors (Lipinski definition) is 6. The van der Waals surface area contributed by atoms with Crippen LogP contribution in [0.25, 0.3) is 22.0 Å². The second-order valence-electron chi connectivity index (χ2n) is 6.51. The molecule has 0 aliphatic heterocycles. The van der Waals surface area contributed by atoms with Crippen molar-refractivity contribution in [1.82, 2.24) is 9.97 Å². The van der Waals surface area contributed by atoms with E-state index in [4.69, 9.17) is 27.9 Å². The molecule has 0 aliphatic rings. The molecule has 0 aliphatic carbocycles. The van der Waals surface area contributed by atoms with Gasteiger partial charge in [0.15, 0.2) is 5.82 Å². The molecule has 0 fully saturated rings. The van der Waals surface area contributed by atoms with Gasteiger partial charge in [0.1, 0.15) is 5.75 Å². The fraction of sp³-hybridized carbons (Fsp3) is 0.0909. The number of nitrogens with one attached hydrogen (secondary N) is 2. The zero-order valence-electron chi connectivity index (χ0n) is 16.5. The smallest absolute Gasteiger partial charge is 0.222 e. The molecule has 4 rings (SSSR count). The Balaban J connectivity index is 1.63. The maximum Gasteiger partial charge on any atom is 0.222 e. The van der Waals surface area contributed by atoms with Crippen LogP contribution in [-0.4, -0.2) is 24.1 Å². The lowest BCUT2D eigenvalue weighted by Crippen LogP contribution is -1.96. The highest BCUT2D eigenvalue weighted by Gasteiger charge is 2.14. The molecule has 31 heavy (non-hydrogen) atoms. The SMILES string of the molecule is CNc1ncc2cc(-c3cccc(NSc4cc(Cl)cc(OC)c4Cl)c3F)ccc2n1. The topological polar surface area (TPSA) is 59.1 Å². The van der Waals surface area contributed by atoms with Gasteiger partial charge in [0, 0.05) is 35.3 Å². The van der Waals surface area contributed by atoms with Crippen LogP contribution in [0.2, 0.25) is 10.0 Å². The van der Waals surface area contributed by atoms with E-state index in [0.29, 0.717) is 37.9 Å². The first kappa shape index (κ1) is 21.5. The molecular formula is C22H17Cl2FN4OS. The van der Waals surface area contributed by atoms with Crippen LogP contribution in [-0.2, 0) is 0 Å². The molecule has 0 unspecified atom stereocenters. The fourth-order valence-corrected chi connectivity index (χ4v) is 4.36. The second kappa shape index (κ2) is 9.18. The van der Waals surface area contributed by atoms with Crippen molar-refractivity contribution in [2.24, 2.45) is 0 Å². The van der Waals surface area contributed by atoms with Gasteiger partial charge in [-0.25, -0.2) is 14.4 Å². The third-order valence-electron chi connectivity index (χ3n) is 4.57. The minimum absolute atomic E-state index is 0.319. The number of halogens is 3. The maximum atomic E-state index is 15.3. The molecule has 0 atom stereocenters. The molecular weight excluding hydrogens is 458 g/mol. The van der Waals surface area contributed by atoms with Gasteiger partial charge in [-0.15, -0.1) is 0 Å². The summed E-state index contributed by atoms with van der Waals surface area (Å²) < 4.78 is 23.5. The summed E-state index contributed by atoms with van der Waals surface area (Å²) in [5.74, 6) is 0.602. The molecule has 1 aromatic heterocycles. The highest BCUT2D eigenvalue weighted by molar-refractivity contribution is 8.00. The summed E-state index contributed by atoms with van der Waals surface area (Å²) in [5, 5.41) is 4.60. The molecule has 0 amide bonds. The average molecular weight is 475 g/mol. The molecule has 0 spiro atoms. The third-order valence-corrected chi connectivity index (χ3v) is 6.16. The number of hydrogen-bond donors (Lipinski definition) is 2. The molecule has 158 valence electrons. The van der Waals surface area contributed by atoms with Gasteiger partial charge in [-0.1, -0.05) is 41.4 Å². The Bertz CT molecular complexity index is 1270. The second-order valence-corrected chi connectivity index (χ2v) is 8.17. The van der Waals surface area contributed by atoms with E-state index >= 15 is 4.39 Å². The van der Waals surface area contributed by atoms with Crippen LogP contribution < -0.4 is 14.8 Å². The summed E-state index contributed by atoms with van der Waals surface area (Å²) in [7, 11) is 3.27. The van der Waals surface area contributed by atoms with Crippen molar-refractivity contribution in [1.29, 1.82) is 0 Å². The summed E-state index contributed by atoms with van der Waals surface area (Å²) in [6.45, 7) is 0. The number of nitrogens with zero attached hydrogens (tertiary/aromatic N) is 2. The van der Waals surface area contributed by atoms with E-state index in [0.717, 1.165) is 28.4 Å². The summed E-state index contributed by atoms with van der Waals surface area (Å²) in [6.07, 6.45) is 1.71. The summed E-state index contributed by atoms with van der Waals surface area (Å²) in [5.41, 5.74) is 2.28. The quantitative estimate of drug-likeness (QED) is 0.296. The van der Waals surface area contributed by atoms with E-state index < -0.39 is 0 Å². The van der Waals surface area contributed by atoms with E-state index in [9.17, 15) is 0 Å². The normalized spacial score (nSPS) is 10.9. The van der Waals surface area contributed by atoms with Crippen LogP contribution in [0.15, 0.2) is 59.6 Å². The van der Waals surface area contributed by atoms with Crippen LogP contribution in [0.4, 0.5) is 16.0 Å². The first-order chi connectivity index (χ1) is 15.0. The minimum atomic E-state index is -0.382. The highest BCUT2D eigenvalue weighted by Crippen LogP contribution is 2.39. The first-order valence-corrected chi connectivity index (χ1v) is 10.8. The van der Waals surface area contributed by atoms with Crippen LogP contribution in [0.3, 0.4) is 0 Å². The van der Waals surface area contributed by atoms with E-state index in [-0.39, 0.29) is 5.82 Å². The largest absolute Gasteiger partial charge is 0.495 e. The molecule has 2 N–H and O–H groups in total. The molecule has 5 nitrogen and oxygen atoms in total. The Kier molecular flexibility index (Phi) is 6.36. The lowest BCUT2D eigenvalue weighted by molar-refractivity contribution is 0.414. The highest BCUT2D eigenvalue weighted by atomic mass is 35.5. The summed E-state index contributed by atoms with van der Waals surface area (Å²) in [6, 6.07) is 14.0. The van der Waals surface area contributed by atoms with Gasteiger partial charge >= 0.3 is 0 Å². The Morgan fingerprint density at radius 1 is 1.10 bits per heavy atom. The van der Waals surface area contributed by atoms with Crippen molar-refractivity contribution in [3.05, 3.63) is 70.6 Å². The molecule has 0 radical (unpaired) electrons. The van der Waals surface area contributed by atoms with Crippen molar-refractivity contribution in [3.8, 4) is 16.9 Å². The van der Waals surface area contributed by atoms with E-state index in [1.54, 1.807) is 43.6 Å². The molecule has 1 heterocycles. The lowest BCUT2D eigenvalue weighted by atomic mass is 10.0. The van der Waals surface area contributed by atoms with Crippen molar-refractivity contribution in [2.75, 3.05) is 24.2 Å². The molecule has 9 heteroatoms. The monoisotopic (exact) mass is 474 g/mol. The van der Waals surface area contributed by atoms with Crippen molar-refractivity contribution < 1.29 is 9.13 Å². The summed E-state index contributed by atoms with van der Waals surface area (Å²) >= 11 is 13.6. The predicted molar refractivity (Wildman–Crippen MR) is 127 cm³/mol. The van der Waals surface area contributed by atoms with Gasteiger partial charge in [0.2, 0.25) is 5.95 Å². The van der Waals surface area contributed by atoms with E-state index in [1.165, 1.54) is 7.11 Å². The summed E-state index contributed by atoms with van der Waals surface area (Å²) in [4.78, 5) is 9.25. The fourth-order valence-electron chi connectivity index (χ4n) is 3.03.